The van der Waals surface area contributed by atoms with Crippen molar-refractivity contribution in [3.8, 4) is 17.6 Å². The number of aromatic nitrogens is 3. The van der Waals surface area contributed by atoms with Gasteiger partial charge in [-0.25, -0.2) is 9.78 Å². The molecule has 1 atom stereocenters. The van der Waals surface area contributed by atoms with E-state index in [1.54, 1.807) is 12.1 Å². The first-order valence-corrected chi connectivity index (χ1v) is 10.8. The van der Waals surface area contributed by atoms with Crippen molar-refractivity contribution in [3.05, 3.63) is 63.5 Å². The summed E-state index contributed by atoms with van der Waals surface area (Å²) >= 11 is 0. The zero-order valence-electron chi connectivity index (χ0n) is 18.6. The molecule has 1 unspecified atom stereocenters. The molecule has 12 heteroatoms. The number of pyridine rings is 1. The largest absolute Gasteiger partial charge is 0.483 e. The number of carbonyl (C=O) groups excluding carboxylic acids is 1. The minimum Gasteiger partial charge on any atom is -0.483 e. The summed E-state index contributed by atoms with van der Waals surface area (Å²) in [5, 5.41) is 26.4. The number of amides is 1. The van der Waals surface area contributed by atoms with Crippen LogP contribution >= 0.6 is 0 Å². The molecule has 0 saturated heterocycles. The molecule has 2 aliphatic rings. The molecular weight excluding hydrogens is 456 g/mol. The molecule has 2 aromatic heterocycles. The number of nitrogens with zero attached hydrogens (tertiary/aromatic N) is 4. The number of fused-ring (bicyclic) bond motifs is 2. The molecule has 1 aliphatic heterocycles. The van der Waals surface area contributed by atoms with Gasteiger partial charge in [0.2, 0.25) is 5.89 Å². The van der Waals surface area contributed by atoms with Gasteiger partial charge in [0.1, 0.15) is 0 Å². The molecule has 0 radical (unpaired) electrons. The minimum absolute atomic E-state index is 0.0679. The van der Waals surface area contributed by atoms with E-state index < -0.39 is 5.76 Å². The summed E-state index contributed by atoms with van der Waals surface area (Å²) in [5.74, 6) is 0.685. The van der Waals surface area contributed by atoms with E-state index in [1.165, 1.54) is 5.56 Å². The van der Waals surface area contributed by atoms with E-state index in [9.17, 15) is 14.9 Å². The molecule has 0 spiro atoms. The molecule has 1 aromatic carbocycles. The third kappa shape index (κ3) is 5.36. The van der Waals surface area contributed by atoms with Gasteiger partial charge in [-0.2, -0.15) is 5.26 Å². The first-order valence-electron chi connectivity index (χ1n) is 10.8. The highest BCUT2D eigenvalue weighted by molar-refractivity contribution is 5.94. The molecule has 3 N–H and O–H groups in total. The summed E-state index contributed by atoms with van der Waals surface area (Å²) in [6.45, 7) is 1.08. The number of hydrogen-bond acceptors (Lipinski definition) is 9. The van der Waals surface area contributed by atoms with Crippen LogP contribution in [-0.4, -0.2) is 51.9 Å². The maximum Gasteiger partial charge on any atom is 0.443 e. The fourth-order valence-electron chi connectivity index (χ4n) is 4.12. The van der Waals surface area contributed by atoms with Gasteiger partial charge in [-0.3, -0.25) is 9.59 Å². The van der Waals surface area contributed by atoms with Gasteiger partial charge in [0.25, 0.3) is 12.4 Å². The topological polar surface area (TPSA) is 172 Å². The van der Waals surface area contributed by atoms with Crippen LogP contribution in [0.3, 0.4) is 0 Å². The summed E-state index contributed by atoms with van der Waals surface area (Å²) in [6, 6.07) is 11.4. The first-order chi connectivity index (χ1) is 17.0. The van der Waals surface area contributed by atoms with Crippen LogP contribution in [-0.2, 0) is 28.9 Å². The Balaban J connectivity index is 0.000000917. The van der Waals surface area contributed by atoms with Crippen molar-refractivity contribution < 1.29 is 23.8 Å². The van der Waals surface area contributed by atoms with Crippen LogP contribution in [0.2, 0.25) is 0 Å². The number of rotatable bonds is 6. The third-order valence-corrected chi connectivity index (χ3v) is 5.61. The van der Waals surface area contributed by atoms with Crippen LogP contribution in [0, 0.1) is 17.2 Å². The third-order valence-electron chi connectivity index (χ3n) is 5.61. The highest BCUT2D eigenvalue weighted by Gasteiger charge is 2.23. The maximum atomic E-state index is 12.2. The van der Waals surface area contributed by atoms with E-state index in [4.69, 9.17) is 19.1 Å². The van der Waals surface area contributed by atoms with Gasteiger partial charge in [0, 0.05) is 13.0 Å². The van der Waals surface area contributed by atoms with E-state index in [-0.39, 0.29) is 30.6 Å². The molecule has 12 nitrogen and oxygen atoms in total. The Kier molecular flexibility index (Phi) is 7.18. The number of nitrogens with one attached hydrogen (secondary N) is 2. The number of ether oxygens (including phenoxy) is 1. The van der Waals surface area contributed by atoms with Crippen molar-refractivity contribution in [1.82, 2.24) is 20.1 Å². The van der Waals surface area contributed by atoms with Crippen LogP contribution in [0.1, 0.15) is 22.6 Å². The second-order valence-electron chi connectivity index (χ2n) is 7.92. The van der Waals surface area contributed by atoms with Crippen molar-refractivity contribution in [1.29, 1.82) is 5.26 Å². The van der Waals surface area contributed by atoms with E-state index in [2.05, 4.69) is 32.9 Å². The monoisotopic (exact) mass is 478 g/mol. The molecule has 0 saturated carbocycles. The van der Waals surface area contributed by atoms with Crippen molar-refractivity contribution in [2.75, 3.05) is 25.0 Å². The van der Waals surface area contributed by atoms with Crippen LogP contribution in [0.4, 0.5) is 5.82 Å². The van der Waals surface area contributed by atoms with Crippen molar-refractivity contribution >= 4 is 18.2 Å². The second kappa shape index (κ2) is 10.6. The quantitative estimate of drug-likeness (QED) is 0.338. The van der Waals surface area contributed by atoms with Crippen LogP contribution in [0.15, 0.2) is 39.5 Å². The number of benzene rings is 1. The Morgan fingerprint density at radius 3 is 2.91 bits per heavy atom. The van der Waals surface area contributed by atoms with Gasteiger partial charge in [0.05, 0.1) is 11.6 Å². The molecule has 3 aromatic rings. The van der Waals surface area contributed by atoms with E-state index >= 15 is 0 Å². The summed E-state index contributed by atoms with van der Waals surface area (Å²) in [5.41, 5.74) is 3.17. The molecule has 0 bridgehead atoms. The standard InChI is InChI=1S/C22H20N6O4.CH2O2/c23-10-15-3-1-2-14-8-13(9-16(14)15)11-24-7-6-20-27-28(22(30)32-20)18-5-4-17-21(25-18)26-19(29)12-31-17;2-1-3/h1-5,13,24H,6-9,11-12H2,(H,25,26,29);1H,(H,2,3). The highest BCUT2D eigenvalue weighted by Crippen LogP contribution is 2.29. The number of nitriles is 1. The molecule has 5 rings (SSSR count). The van der Waals surface area contributed by atoms with Crippen molar-refractivity contribution in [2.45, 2.75) is 19.3 Å². The molecule has 3 heterocycles. The number of carboxylic acid groups (broad SMARTS) is 1. The minimum atomic E-state index is -0.647. The van der Waals surface area contributed by atoms with E-state index in [0.717, 1.165) is 35.2 Å². The van der Waals surface area contributed by atoms with Crippen LogP contribution < -0.4 is 21.1 Å². The molecular formula is C23H22N6O6. The zero-order valence-corrected chi connectivity index (χ0v) is 18.6. The number of anilines is 1. The van der Waals surface area contributed by atoms with Crippen molar-refractivity contribution in [2.24, 2.45) is 5.92 Å². The van der Waals surface area contributed by atoms with Crippen molar-refractivity contribution in [3.63, 3.8) is 0 Å². The lowest BCUT2D eigenvalue weighted by molar-refractivity contribution is -0.123. The van der Waals surface area contributed by atoms with Gasteiger partial charge in [0.15, 0.2) is 24.0 Å². The second-order valence-corrected chi connectivity index (χ2v) is 7.92. The Bertz CT molecular complexity index is 1340. The van der Waals surface area contributed by atoms with E-state index in [1.807, 2.05) is 12.1 Å². The summed E-state index contributed by atoms with van der Waals surface area (Å²) in [7, 11) is 0. The fourth-order valence-corrected chi connectivity index (χ4v) is 4.12. The predicted molar refractivity (Wildman–Crippen MR) is 121 cm³/mol. The predicted octanol–water partition coefficient (Wildman–Crippen LogP) is 0.671. The normalized spacial score (nSPS) is 15.5. The SMILES string of the molecule is N#Cc1cccc2c1CC(CNCCc1nn(-c3ccc4c(n3)NC(=O)CO4)c(=O)o1)C2.O=CO. The lowest BCUT2D eigenvalue weighted by Gasteiger charge is -2.16. The average molecular weight is 478 g/mol. The fraction of sp³-hybridized carbons (Fsp3) is 0.304. The summed E-state index contributed by atoms with van der Waals surface area (Å²) < 4.78 is 11.6. The molecule has 1 amide bonds. The highest BCUT2D eigenvalue weighted by atomic mass is 16.5. The molecule has 35 heavy (non-hydrogen) atoms. The lowest BCUT2D eigenvalue weighted by atomic mass is 10.0. The van der Waals surface area contributed by atoms with Crippen LogP contribution in [0.25, 0.3) is 5.82 Å². The van der Waals surface area contributed by atoms with Gasteiger partial charge >= 0.3 is 5.76 Å². The van der Waals surface area contributed by atoms with Gasteiger partial charge < -0.3 is 24.9 Å². The maximum absolute atomic E-state index is 12.2. The van der Waals surface area contributed by atoms with Gasteiger partial charge in [-0.1, -0.05) is 12.1 Å². The lowest BCUT2D eigenvalue weighted by Crippen LogP contribution is -2.27. The molecule has 0 fully saturated rings. The number of carbonyl (C=O) groups is 2. The Morgan fingerprint density at radius 2 is 2.11 bits per heavy atom. The average Bonchev–Trinajstić information content (AvgIpc) is 3.44. The Labute approximate surface area is 199 Å². The van der Waals surface area contributed by atoms with Gasteiger partial charge in [-0.15, -0.1) is 9.78 Å². The van der Waals surface area contributed by atoms with Crippen LogP contribution in [0.5, 0.6) is 5.75 Å². The Hall–Kier alpha value is -4.50. The zero-order chi connectivity index (χ0) is 24.8. The smallest absolute Gasteiger partial charge is 0.443 e. The van der Waals surface area contributed by atoms with Gasteiger partial charge in [-0.05, 0) is 54.6 Å². The summed E-state index contributed by atoms with van der Waals surface area (Å²) in [4.78, 5) is 36.3. The molecule has 1 aliphatic carbocycles. The number of hydrogen-bond donors (Lipinski definition) is 3. The first kappa shape index (κ1) is 23.7. The summed E-state index contributed by atoms with van der Waals surface area (Å²) in [6.07, 6.45) is 2.28. The molecule has 180 valence electrons. The Morgan fingerprint density at radius 1 is 1.29 bits per heavy atom. The van der Waals surface area contributed by atoms with E-state index in [0.29, 0.717) is 30.5 Å².